The summed E-state index contributed by atoms with van der Waals surface area (Å²) in [6.07, 6.45) is 4.09. The molecule has 2 unspecified atom stereocenters. The maximum Gasteiger partial charge on any atom is 0.225 e. The first-order valence-electron chi connectivity index (χ1n) is 8.66. The summed E-state index contributed by atoms with van der Waals surface area (Å²) in [5.74, 6) is 2.56. The Morgan fingerprint density at radius 1 is 1.16 bits per heavy atom. The molecule has 1 aliphatic rings. The molecule has 1 aromatic carbocycles. The minimum atomic E-state index is 0.373. The van der Waals surface area contributed by atoms with Crippen molar-refractivity contribution in [1.29, 1.82) is 0 Å². The molecule has 0 aliphatic carbocycles. The molecule has 1 aromatic heterocycles. The van der Waals surface area contributed by atoms with E-state index < -0.39 is 0 Å². The summed E-state index contributed by atoms with van der Waals surface area (Å²) in [4.78, 5) is 11.1. The number of ether oxygens (including phenoxy) is 2. The molecule has 1 saturated heterocycles. The van der Waals surface area contributed by atoms with Crippen molar-refractivity contribution in [1.82, 2.24) is 14.9 Å². The average molecular weight is 342 g/mol. The number of nitrogens with zero attached hydrogens (tertiary/aromatic N) is 3. The van der Waals surface area contributed by atoms with Gasteiger partial charge in [0, 0.05) is 24.8 Å². The third-order valence-corrected chi connectivity index (χ3v) is 4.83. The molecule has 6 heteroatoms. The second-order valence-corrected chi connectivity index (χ2v) is 6.40. The summed E-state index contributed by atoms with van der Waals surface area (Å²) in [5.41, 5.74) is 1.32. The molecule has 1 fully saturated rings. The lowest BCUT2D eigenvalue weighted by molar-refractivity contribution is 0.127. The van der Waals surface area contributed by atoms with Crippen molar-refractivity contribution in [3.63, 3.8) is 0 Å². The Bertz CT molecular complexity index is 677. The largest absolute Gasteiger partial charge is 0.497 e. The molecular formula is C19H26N4O2. The summed E-state index contributed by atoms with van der Waals surface area (Å²) in [7, 11) is 5.51. The van der Waals surface area contributed by atoms with Gasteiger partial charge in [-0.05, 0) is 50.0 Å². The van der Waals surface area contributed by atoms with E-state index in [1.807, 2.05) is 12.1 Å². The van der Waals surface area contributed by atoms with E-state index in [1.165, 1.54) is 18.4 Å². The zero-order valence-electron chi connectivity index (χ0n) is 15.1. The van der Waals surface area contributed by atoms with Gasteiger partial charge in [-0.1, -0.05) is 12.1 Å². The van der Waals surface area contributed by atoms with Crippen LogP contribution in [-0.2, 0) is 0 Å². The lowest BCUT2D eigenvalue weighted by Crippen LogP contribution is -2.39. The third kappa shape index (κ3) is 4.20. The van der Waals surface area contributed by atoms with Crippen molar-refractivity contribution in [3.8, 4) is 11.6 Å². The van der Waals surface area contributed by atoms with Gasteiger partial charge >= 0.3 is 0 Å². The molecule has 6 nitrogen and oxygen atoms in total. The van der Waals surface area contributed by atoms with Crippen LogP contribution in [0.25, 0.3) is 0 Å². The highest BCUT2D eigenvalue weighted by Gasteiger charge is 2.30. The van der Waals surface area contributed by atoms with Crippen molar-refractivity contribution >= 4 is 5.95 Å². The smallest absolute Gasteiger partial charge is 0.225 e. The Labute approximate surface area is 149 Å². The number of rotatable bonds is 6. The van der Waals surface area contributed by atoms with Crippen LogP contribution in [0.3, 0.4) is 0 Å². The lowest BCUT2D eigenvalue weighted by Gasteiger charge is -2.39. The molecular weight excluding hydrogens is 316 g/mol. The third-order valence-electron chi connectivity index (χ3n) is 4.83. The summed E-state index contributed by atoms with van der Waals surface area (Å²) in [5, 5.41) is 3.38. The Kier molecular flexibility index (Phi) is 5.71. The second kappa shape index (κ2) is 8.16. The monoisotopic (exact) mass is 342 g/mol. The van der Waals surface area contributed by atoms with Crippen LogP contribution in [0.4, 0.5) is 5.95 Å². The fourth-order valence-corrected chi connectivity index (χ4v) is 3.56. The Balaban J connectivity index is 1.72. The number of anilines is 1. The van der Waals surface area contributed by atoms with E-state index in [9.17, 15) is 0 Å². The molecule has 3 rings (SSSR count). The zero-order valence-corrected chi connectivity index (χ0v) is 15.1. The van der Waals surface area contributed by atoms with Crippen LogP contribution in [0.2, 0.25) is 0 Å². The van der Waals surface area contributed by atoms with E-state index in [-0.39, 0.29) is 0 Å². The summed E-state index contributed by atoms with van der Waals surface area (Å²) in [6.45, 7) is 1.94. The van der Waals surface area contributed by atoms with Gasteiger partial charge in [0.25, 0.3) is 0 Å². The molecule has 0 amide bonds. The molecule has 1 N–H and O–H groups in total. The molecule has 0 radical (unpaired) electrons. The van der Waals surface area contributed by atoms with Crippen LogP contribution in [0, 0.1) is 5.92 Å². The van der Waals surface area contributed by atoms with Crippen LogP contribution >= 0.6 is 0 Å². The Morgan fingerprint density at radius 3 is 2.68 bits per heavy atom. The maximum absolute atomic E-state index is 5.28. The van der Waals surface area contributed by atoms with Gasteiger partial charge in [-0.3, -0.25) is 4.90 Å². The fraction of sp³-hybridized carbons (Fsp3) is 0.474. The van der Waals surface area contributed by atoms with E-state index in [0.717, 1.165) is 18.8 Å². The van der Waals surface area contributed by atoms with Gasteiger partial charge in [-0.25, -0.2) is 4.98 Å². The average Bonchev–Trinajstić information content (AvgIpc) is 2.67. The first-order chi connectivity index (χ1) is 12.2. The first kappa shape index (κ1) is 17.5. The number of piperidine rings is 1. The van der Waals surface area contributed by atoms with Crippen LogP contribution < -0.4 is 14.8 Å². The van der Waals surface area contributed by atoms with Crippen molar-refractivity contribution in [2.24, 2.45) is 5.92 Å². The molecule has 0 bridgehead atoms. The normalized spacial score (nSPS) is 20.9. The highest BCUT2D eigenvalue weighted by atomic mass is 16.5. The van der Waals surface area contributed by atoms with Crippen LogP contribution in [0.15, 0.2) is 36.5 Å². The van der Waals surface area contributed by atoms with Crippen molar-refractivity contribution in [2.45, 2.75) is 18.9 Å². The van der Waals surface area contributed by atoms with Crippen molar-refractivity contribution < 1.29 is 9.47 Å². The second-order valence-electron chi connectivity index (χ2n) is 6.40. The summed E-state index contributed by atoms with van der Waals surface area (Å²) in [6, 6.07) is 10.5. The van der Waals surface area contributed by atoms with Gasteiger partial charge in [0.05, 0.1) is 14.2 Å². The Hall–Kier alpha value is -2.34. The number of benzene rings is 1. The molecule has 0 saturated carbocycles. The predicted octanol–water partition coefficient (Wildman–Crippen LogP) is 2.99. The quantitative estimate of drug-likeness (QED) is 0.871. The number of likely N-dealkylation sites (tertiary alicyclic amines) is 1. The van der Waals surface area contributed by atoms with E-state index in [0.29, 0.717) is 23.8 Å². The van der Waals surface area contributed by atoms with E-state index >= 15 is 0 Å². The van der Waals surface area contributed by atoms with Crippen LogP contribution in [0.1, 0.15) is 24.4 Å². The number of hydrogen-bond donors (Lipinski definition) is 1. The Morgan fingerprint density at radius 2 is 1.96 bits per heavy atom. The number of hydrogen-bond acceptors (Lipinski definition) is 6. The topological polar surface area (TPSA) is 59.5 Å². The summed E-state index contributed by atoms with van der Waals surface area (Å²) >= 11 is 0. The van der Waals surface area contributed by atoms with Gasteiger partial charge < -0.3 is 14.8 Å². The van der Waals surface area contributed by atoms with Crippen molar-refractivity contribution in [2.75, 3.05) is 39.7 Å². The van der Waals surface area contributed by atoms with E-state index in [1.54, 1.807) is 26.5 Å². The van der Waals surface area contributed by atoms with Gasteiger partial charge in [0.2, 0.25) is 11.8 Å². The molecule has 25 heavy (non-hydrogen) atoms. The predicted molar refractivity (Wildman–Crippen MR) is 98.2 cm³/mol. The molecule has 1 aliphatic heterocycles. The van der Waals surface area contributed by atoms with E-state index in [2.05, 4.69) is 39.4 Å². The fourth-order valence-electron chi connectivity index (χ4n) is 3.56. The van der Waals surface area contributed by atoms with Gasteiger partial charge in [0.15, 0.2) is 0 Å². The molecule has 2 atom stereocenters. The van der Waals surface area contributed by atoms with E-state index in [4.69, 9.17) is 9.47 Å². The zero-order chi connectivity index (χ0) is 17.6. The minimum Gasteiger partial charge on any atom is -0.497 e. The molecule has 134 valence electrons. The maximum atomic E-state index is 5.28. The van der Waals surface area contributed by atoms with Gasteiger partial charge in [-0.2, -0.15) is 4.98 Å². The first-order valence-corrected chi connectivity index (χ1v) is 8.66. The number of nitrogens with one attached hydrogen (secondary N) is 1. The highest BCUT2D eigenvalue weighted by Crippen LogP contribution is 2.35. The van der Waals surface area contributed by atoms with Gasteiger partial charge in [0.1, 0.15) is 5.75 Å². The molecule has 0 spiro atoms. The summed E-state index contributed by atoms with van der Waals surface area (Å²) < 4.78 is 10.4. The lowest BCUT2D eigenvalue weighted by atomic mass is 9.85. The van der Waals surface area contributed by atoms with Crippen molar-refractivity contribution in [3.05, 3.63) is 42.1 Å². The SMILES string of the molecule is COc1ccc(C2C(CNc3nccc(OC)n3)CCCN2C)cc1. The molecule has 2 heterocycles. The minimum absolute atomic E-state index is 0.373. The van der Waals surface area contributed by atoms with Gasteiger partial charge in [-0.15, -0.1) is 0 Å². The standard InChI is InChI=1S/C19H26N4O2/c1-23-12-4-5-15(13-21-19-20-11-10-17(22-19)25-3)18(23)14-6-8-16(24-2)9-7-14/h6-11,15,18H,4-5,12-13H2,1-3H3,(H,20,21,22). The number of methoxy groups -OCH3 is 2. The molecule has 2 aromatic rings. The highest BCUT2D eigenvalue weighted by molar-refractivity contribution is 5.31. The van der Waals surface area contributed by atoms with Crippen LogP contribution in [0.5, 0.6) is 11.6 Å². The number of aromatic nitrogens is 2. The van der Waals surface area contributed by atoms with Crippen LogP contribution in [-0.4, -0.2) is 49.2 Å².